The van der Waals surface area contributed by atoms with Gasteiger partial charge in [-0.3, -0.25) is 4.31 Å². The molecule has 32 heavy (non-hydrogen) atoms. The van der Waals surface area contributed by atoms with Crippen LogP contribution in [0.5, 0.6) is 0 Å². The third-order valence-electron chi connectivity index (χ3n) is 6.19. The van der Waals surface area contributed by atoms with Crippen LogP contribution in [0.1, 0.15) is 40.7 Å². The van der Waals surface area contributed by atoms with Crippen LogP contribution in [-0.2, 0) is 22.9 Å². The van der Waals surface area contributed by atoms with E-state index in [-0.39, 0.29) is 10.9 Å². The Labute approximate surface area is 188 Å². The van der Waals surface area contributed by atoms with Gasteiger partial charge in [0.15, 0.2) is 0 Å². The summed E-state index contributed by atoms with van der Waals surface area (Å²) in [5.41, 5.74) is 4.77. The molecule has 1 atom stereocenters. The number of nitrogens with zero attached hydrogens (tertiary/aromatic N) is 1. The van der Waals surface area contributed by atoms with Crippen molar-refractivity contribution in [3.63, 3.8) is 0 Å². The second-order valence-corrected chi connectivity index (χ2v) is 10.5. The molecule has 0 radical (unpaired) electrons. The minimum absolute atomic E-state index is 0.287. The van der Waals surface area contributed by atoms with E-state index in [0.717, 1.165) is 29.2 Å². The van der Waals surface area contributed by atoms with Crippen LogP contribution in [0.15, 0.2) is 59.5 Å². The van der Waals surface area contributed by atoms with Gasteiger partial charge in [-0.2, -0.15) is 0 Å². The first kappa shape index (κ1) is 22.5. The Morgan fingerprint density at radius 2 is 1.66 bits per heavy atom. The van der Waals surface area contributed by atoms with Crippen molar-refractivity contribution in [1.29, 1.82) is 0 Å². The Bertz CT molecular complexity index is 1270. The minimum atomic E-state index is -3.83. The van der Waals surface area contributed by atoms with Crippen LogP contribution in [0, 0.1) is 32.4 Å². The maximum Gasteiger partial charge on any atom is 0.264 e. The average molecular weight is 456 g/mol. The van der Waals surface area contributed by atoms with Crippen molar-refractivity contribution in [2.45, 2.75) is 57.4 Å². The molecule has 1 aliphatic rings. The molecule has 0 saturated heterocycles. The summed E-state index contributed by atoms with van der Waals surface area (Å²) in [5.74, 6) is -1.21. The Morgan fingerprint density at radius 1 is 0.938 bits per heavy atom. The zero-order valence-corrected chi connectivity index (χ0v) is 19.3. The molecule has 1 aliphatic heterocycles. The van der Waals surface area contributed by atoms with E-state index < -0.39 is 21.7 Å². The number of benzene rings is 3. The Hall–Kier alpha value is -2.73. The van der Waals surface area contributed by atoms with Gasteiger partial charge >= 0.3 is 0 Å². The number of hydrogen-bond donors (Lipinski definition) is 0. The normalized spacial score (nSPS) is 16.2. The number of aryl methyl sites for hydroxylation is 5. The van der Waals surface area contributed by atoms with Crippen LogP contribution >= 0.6 is 0 Å². The van der Waals surface area contributed by atoms with Gasteiger partial charge in [-0.05, 0) is 86.9 Å². The lowest BCUT2D eigenvalue weighted by Crippen LogP contribution is -2.44. The Morgan fingerprint density at radius 3 is 2.38 bits per heavy atom. The first-order valence-corrected chi connectivity index (χ1v) is 12.3. The molecule has 0 bridgehead atoms. The summed E-state index contributed by atoms with van der Waals surface area (Å²) in [4.78, 5) is 0.287. The first-order valence-electron chi connectivity index (χ1n) is 10.8. The summed E-state index contributed by atoms with van der Waals surface area (Å²) in [6, 6.07) is 14.5. The minimum Gasteiger partial charge on any atom is -0.263 e. The van der Waals surface area contributed by atoms with E-state index in [9.17, 15) is 17.2 Å². The molecular formula is C26H27F2NO2S. The Kier molecular flexibility index (Phi) is 6.08. The fourth-order valence-corrected chi connectivity index (χ4v) is 6.51. The molecule has 6 heteroatoms. The molecule has 0 fully saturated rings. The van der Waals surface area contributed by atoms with Crippen molar-refractivity contribution < 1.29 is 17.2 Å². The molecule has 4 rings (SSSR count). The molecule has 168 valence electrons. The largest absolute Gasteiger partial charge is 0.264 e. The highest BCUT2D eigenvalue weighted by Gasteiger charge is 2.36. The number of halogens is 2. The van der Waals surface area contributed by atoms with Crippen LogP contribution in [0.4, 0.5) is 14.5 Å². The first-order chi connectivity index (χ1) is 15.2. The van der Waals surface area contributed by atoms with E-state index in [1.165, 1.54) is 16.4 Å². The van der Waals surface area contributed by atoms with E-state index in [0.29, 0.717) is 36.1 Å². The Balaban J connectivity index is 1.75. The summed E-state index contributed by atoms with van der Waals surface area (Å²) in [6.07, 6.45) is 2.17. The van der Waals surface area contributed by atoms with Gasteiger partial charge in [0.05, 0.1) is 10.6 Å². The second kappa shape index (κ2) is 8.66. The average Bonchev–Trinajstić information content (AvgIpc) is 2.72. The molecule has 1 unspecified atom stereocenters. The summed E-state index contributed by atoms with van der Waals surface area (Å²) in [7, 11) is -3.83. The van der Waals surface area contributed by atoms with Gasteiger partial charge in [-0.25, -0.2) is 17.2 Å². The van der Waals surface area contributed by atoms with Crippen molar-refractivity contribution in [2.75, 3.05) is 4.31 Å². The molecule has 3 aromatic rings. The van der Waals surface area contributed by atoms with E-state index in [1.54, 1.807) is 6.07 Å². The second-order valence-electron chi connectivity index (χ2n) is 8.67. The summed E-state index contributed by atoms with van der Waals surface area (Å²) >= 11 is 0. The van der Waals surface area contributed by atoms with Crippen molar-refractivity contribution in [1.82, 2.24) is 0 Å². The van der Waals surface area contributed by atoms with E-state index in [2.05, 4.69) is 0 Å². The van der Waals surface area contributed by atoms with E-state index in [4.69, 9.17) is 0 Å². The monoisotopic (exact) mass is 455 g/mol. The predicted molar refractivity (Wildman–Crippen MR) is 124 cm³/mol. The zero-order valence-electron chi connectivity index (χ0n) is 18.5. The smallest absolute Gasteiger partial charge is 0.263 e. The van der Waals surface area contributed by atoms with Gasteiger partial charge in [-0.1, -0.05) is 35.9 Å². The quantitative estimate of drug-likeness (QED) is 0.471. The lowest BCUT2D eigenvalue weighted by Gasteiger charge is -2.38. The highest BCUT2D eigenvalue weighted by atomic mass is 32.2. The summed E-state index contributed by atoms with van der Waals surface area (Å²) in [6.45, 7) is 5.69. The van der Waals surface area contributed by atoms with Crippen molar-refractivity contribution in [2.24, 2.45) is 0 Å². The van der Waals surface area contributed by atoms with Crippen molar-refractivity contribution >= 4 is 15.7 Å². The highest BCUT2D eigenvalue weighted by Crippen LogP contribution is 2.38. The third kappa shape index (κ3) is 4.29. The summed E-state index contributed by atoms with van der Waals surface area (Å²) < 4.78 is 56.9. The van der Waals surface area contributed by atoms with Crippen molar-refractivity contribution in [3.8, 4) is 0 Å². The molecule has 0 aliphatic carbocycles. The number of sulfonamides is 1. The number of fused-ring (bicyclic) bond motifs is 1. The molecule has 0 N–H and O–H groups in total. The van der Waals surface area contributed by atoms with Gasteiger partial charge in [0.2, 0.25) is 0 Å². The number of rotatable bonds is 5. The van der Waals surface area contributed by atoms with Gasteiger partial charge < -0.3 is 0 Å². The van der Waals surface area contributed by atoms with Crippen LogP contribution in [0.25, 0.3) is 0 Å². The highest BCUT2D eigenvalue weighted by molar-refractivity contribution is 7.93. The maximum absolute atomic E-state index is 14.2. The van der Waals surface area contributed by atoms with Crippen LogP contribution < -0.4 is 4.31 Å². The molecule has 0 aromatic heterocycles. The number of hydrogen-bond acceptors (Lipinski definition) is 2. The zero-order chi connectivity index (χ0) is 23.0. The lowest BCUT2D eigenvalue weighted by molar-refractivity contribution is 0.514. The van der Waals surface area contributed by atoms with E-state index in [1.807, 2.05) is 51.1 Å². The molecule has 0 amide bonds. The van der Waals surface area contributed by atoms with Gasteiger partial charge in [-0.15, -0.1) is 0 Å². The van der Waals surface area contributed by atoms with Crippen molar-refractivity contribution in [3.05, 3.63) is 94.0 Å². The van der Waals surface area contributed by atoms with Crippen LogP contribution in [0.3, 0.4) is 0 Å². The van der Waals surface area contributed by atoms with Gasteiger partial charge in [0.1, 0.15) is 11.6 Å². The SMILES string of the molecule is Cc1ccc(S(=O)(=O)N2c3cc(C)ccc3CCC2CCc2ccc(F)cc2F)c(C)c1. The topological polar surface area (TPSA) is 37.4 Å². The molecular weight excluding hydrogens is 428 g/mol. The van der Waals surface area contributed by atoms with Gasteiger partial charge in [0, 0.05) is 12.1 Å². The van der Waals surface area contributed by atoms with Crippen LogP contribution in [-0.4, -0.2) is 14.5 Å². The van der Waals surface area contributed by atoms with Crippen LogP contribution in [0.2, 0.25) is 0 Å². The third-order valence-corrected chi connectivity index (χ3v) is 8.21. The molecule has 3 aromatic carbocycles. The summed E-state index contributed by atoms with van der Waals surface area (Å²) in [5, 5.41) is 0. The molecule has 0 spiro atoms. The van der Waals surface area contributed by atoms with E-state index >= 15 is 0 Å². The molecule has 1 heterocycles. The maximum atomic E-state index is 14.2. The molecule has 3 nitrogen and oxygen atoms in total. The number of anilines is 1. The standard InChI is InChI=1S/C26H27F2NO2S/c1-17-5-13-26(19(3)14-17)32(30,31)29-23(11-8-20-7-10-22(27)16-24(20)28)12-9-21-6-4-18(2)15-25(21)29/h4-7,10,13-16,23H,8-9,11-12H2,1-3H3. The fraction of sp³-hybridized carbons (Fsp3) is 0.308. The predicted octanol–water partition coefficient (Wildman–Crippen LogP) is 6.03. The lowest BCUT2D eigenvalue weighted by atomic mass is 9.93. The van der Waals surface area contributed by atoms with Gasteiger partial charge in [0.25, 0.3) is 10.0 Å². The fourth-order valence-electron chi connectivity index (χ4n) is 4.56. The molecule has 0 saturated carbocycles.